The van der Waals surface area contributed by atoms with Crippen molar-refractivity contribution in [1.82, 2.24) is 4.98 Å². The zero-order valence-corrected chi connectivity index (χ0v) is 16.9. The van der Waals surface area contributed by atoms with E-state index in [1.807, 2.05) is 6.07 Å². The summed E-state index contributed by atoms with van der Waals surface area (Å²) in [4.78, 5) is 7.32. The van der Waals surface area contributed by atoms with Gasteiger partial charge in [-0.25, -0.2) is 4.98 Å². The average molecular weight is 390 g/mol. The van der Waals surface area contributed by atoms with Crippen LogP contribution in [0.25, 0.3) is 22.7 Å². The largest absolute Gasteiger partial charge is 0.349 e. The monoisotopic (exact) mass is 390 g/mol. The minimum Gasteiger partial charge on any atom is -0.349 e. The molecule has 0 bridgehead atoms. The standard InChI is InChI=1S/C27H22N2O/c1-2-18-11-13-19(14-12-18)26-16-24-22(15-20-7-3-5-9-23(20)28-24)27-29(26)25-10-6-4-8-21(25)17-30-27/h3-16,27H,2,17H2,1H3. The predicted molar refractivity (Wildman–Crippen MR) is 122 cm³/mol. The molecule has 2 aliphatic rings. The van der Waals surface area contributed by atoms with Crippen molar-refractivity contribution in [1.29, 1.82) is 0 Å². The minimum absolute atomic E-state index is 0.183. The Morgan fingerprint density at radius 2 is 1.77 bits per heavy atom. The summed E-state index contributed by atoms with van der Waals surface area (Å²) in [5.74, 6) is 0. The SMILES string of the molecule is CCc1ccc(C2=Cc3nc4ccccc4cc3C3OCc4ccccc4N23)cc1. The van der Waals surface area contributed by atoms with Gasteiger partial charge in [-0.3, -0.25) is 0 Å². The number of hydrogen-bond acceptors (Lipinski definition) is 3. The number of hydrogen-bond donors (Lipinski definition) is 0. The number of pyridine rings is 1. The van der Waals surface area contributed by atoms with Crippen molar-refractivity contribution in [3.05, 3.63) is 107 Å². The van der Waals surface area contributed by atoms with E-state index in [1.54, 1.807) is 0 Å². The molecule has 3 heterocycles. The van der Waals surface area contributed by atoms with Crippen molar-refractivity contribution in [3.63, 3.8) is 0 Å². The van der Waals surface area contributed by atoms with Gasteiger partial charge in [-0.1, -0.05) is 67.6 Å². The van der Waals surface area contributed by atoms with E-state index in [4.69, 9.17) is 9.72 Å². The predicted octanol–water partition coefficient (Wildman–Crippen LogP) is 6.34. The molecule has 0 saturated carbocycles. The maximum atomic E-state index is 6.43. The molecular formula is C27H22N2O. The number of aromatic nitrogens is 1. The van der Waals surface area contributed by atoms with Gasteiger partial charge in [0, 0.05) is 22.2 Å². The van der Waals surface area contributed by atoms with Crippen molar-refractivity contribution < 1.29 is 4.74 Å². The highest BCUT2D eigenvalue weighted by Crippen LogP contribution is 2.46. The summed E-state index contributed by atoms with van der Waals surface area (Å²) in [6.45, 7) is 2.79. The Hall–Kier alpha value is -3.43. The van der Waals surface area contributed by atoms with Gasteiger partial charge in [-0.2, -0.15) is 0 Å². The summed E-state index contributed by atoms with van der Waals surface area (Å²) < 4.78 is 6.43. The van der Waals surface area contributed by atoms with Crippen LogP contribution in [0.3, 0.4) is 0 Å². The summed E-state index contributed by atoms with van der Waals surface area (Å²) in [6.07, 6.45) is 3.07. The lowest BCUT2D eigenvalue weighted by Gasteiger charge is -2.43. The van der Waals surface area contributed by atoms with Gasteiger partial charge in [0.25, 0.3) is 0 Å². The van der Waals surface area contributed by atoms with Crippen molar-refractivity contribution in [2.24, 2.45) is 0 Å². The Kier molecular flexibility index (Phi) is 3.96. The van der Waals surface area contributed by atoms with Crippen LogP contribution < -0.4 is 4.90 Å². The van der Waals surface area contributed by atoms with Crippen LogP contribution in [0, 0.1) is 0 Å². The third kappa shape index (κ3) is 2.66. The zero-order valence-electron chi connectivity index (χ0n) is 16.9. The Bertz CT molecular complexity index is 1290. The summed E-state index contributed by atoms with van der Waals surface area (Å²) in [5, 5.41) is 1.14. The van der Waals surface area contributed by atoms with E-state index in [9.17, 15) is 0 Å². The molecule has 6 rings (SSSR count). The van der Waals surface area contributed by atoms with Crippen molar-refractivity contribution >= 4 is 28.4 Å². The summed E-state index contributed by atoms with van der Waals surface area (Å²) in [5.41, 5.74) is 9.19. The number of rotatable bonds is 2. The summed E-state index contributed by atoms with van der Waals surface area (Å²) in [7, 11) is 0. The summed E-state index contributed by atoms with van der Waals surface area (Å²) >= 11 is 0. The van der Waals surface area contributed by atoms with Crippen LogP contribution in [0.15, 0.2) is 78.9 Å². The molecule has 3 heteroatoms. The van der Waals surface area contributed by atoms with Gasteiger partial charge in [0.1, 0.15) is 0 Å². The van der Waals surface area contributed by atoms with Crippen LogP contribution in [-0.2, 0) is 17.8 Å². The number of fused-ring (bicyclic) bond motifs is 6. The van der Waals surface area contributed by atoms with Gasteiger partial charge in [0.05, 0.1) is 23.5 Å². The van der Waals surface area contributed by atoms with Crippen LogP contribution >= 0.6 is 0 Å². The lowest BCUT2D eigenvalue weighted by molar-refractivity contribution is 0.0342. The highest BCUT2D eigenvalue weighted by atomic mass is 16.5. The lowest BCUT2D eigenvalue weighted by Crippen LogP contribution is -2.36. The normalized spacial score (nSPS) is 17.2. The molecule has 4 aromatic rings. The quantitative estimate of drug-likeness (QED) is 0.399. The number of aryl methyl sites for hydroxylation is 1. The Morgan fingerprint density at radius 3 is 2.63 bits per heavy atom. The van der Waals surface area contributed by atoms with Gasteiger partial charge in [0.15, 0.2) is 6.23 Å². The van der Waals surface area contributed by atoms with Crippen LogP contribution in [-0.4, -0.2) is 4.98 Å². The molecule has 30 heavy (non-hydrogen) atoms. The van der Waals surface area contributed by atoms with E-state index < -0.39 is 0 Å². The van der Waals surface area contributed by atoms with Gasteiger partial charge in [0.2, 0.25) is 0 Å². The topological polar surface area (TPSA) is 25.4 Å². The van der Waals surface area contributed by atoms with E-state index in [-0.39, 0.29) is 6.23 Å². The van der Waals surface area contributed by atoms with Crippen molar-refractivity contribution in [2.45, 2.75) is 26.2 Å². The number of para-hydroxylation sites is 2. The fraction of sp³-hybridized carbons (Fsp3) is 0.148. The van der Waals surface area contributed by atoms with Crippen LogP contribution in [0.2, 0.25) is 0 Å². The first kappa shape index (κ1) is 17.4. The average Bonchev–Trinajstić information content (AvgIpc) is 2.82. The highest BCUT2D eigenvalue weighted by molar-refractivity contribution is 5.95. The van der Waals surface area contributed by atoms with E-state index in [0.29, 0.717) is 6.61 Å². The highest BCUT2D eigenvalue weighted by Gasteiger charge is 2.36. The lowest BCUT2D eigenvalue weighted by atomic mass is 9.95. The fourth-order valence-corrected chi connectivity index (χ4v) is 4.52. The fourth-order valence-electron chi connectivity index (χ4n) is 4.52. The second-order valence-corrected chi connectivity index (χ2v) is 7.90. The molecule has 0 aliphatic carbocycles. The molecular weight excluding hydrogens is 368 g/mol. The first-order valence-corrected chi connectivity index (χ1v) is 10.5. The van der Waals surface area contributed by atoms with Crippen molar-refractivity contribution in [3.8, 4) is 0 Å². The molecule has 0 fully saturated rings. The zero-order chi connectivity index (χ0) is 20.1. The van der Waals surface area contributed by atoms with E-state index >= 15 is 0 Å². The first-order valence-electron chi connectivity index (χ1n) is 10.5. The molecule has 0 N–H and O–H groups in total. The maximum Gasteiger partial charge on any atom is 0.163 e. The Labute approximate surface area is 176 Å². The van der Waals surface area contributed by atoms with Gasteiger partial charge in [-0.15, -0.1) is 0 Å². The second-order valence-electron chi connectivity index (χ2n) is 7.90. The molecule has 1 atom stereocenters. The van der Waals surface area contributed by atoms with Gasteiger partial charge < -0.3 is 9.64 Å². The molecule has 0 radical (unpaired) electrons. The number of nitrogens with zero attached hydrogens (tertiary/aromatic N) is 2. The third-order valence-electron chi connectivity index (χ3n) is 6.12. The van der Waals surface area contributed by atoms with Crippen molar-refractivity contribution in [2.75, 3.05) is 4.90 Å². The third-order valence-corrected chi connectivity index (χ3v) is 6.12. The summed E-state index contributed by atoms with van der Waals surface area (Å²) in [6, 6.07) is 27.9. The first-order chi connectivity index (χ1) is 14.8. The van der Waals surface area contributed by atoms with Crippen LogP contribution in [0.1, 0.15) is 41.1 Å². The Morgan fingerprint density at radius 1 is 0.967 bits per heavy atom. The van der Waals surface area contributed by atoms with Crippen LogP contribution in [0.5, 0.6) is 0 Å². The number of ether oxygens (including phenoxy) is 1. The molecule has 0 amide bonds. The smallest absolute Gasteiger partial charge is 0.163 e. The number of benzene rings is 3. The van der Waals surface area contributed by atoms with Gasteiger partial charge in [-0.05, 0) is 41.8 Å². The molecule has 0 saturated heterocycles. The molecule has 3 aromatic carbocycles. The van der Waals surface area contributed by atoms with E-state index in [0.717, 1.165) is 34.3 Å². The molecule has 1 aromatic heterocycles. The maximum absolute atomic E-state index is 6.43. The second kappa shape index (κ2) is 6.82. The Balaban J connectivity index is 1.60. The van der Waals surface area contributed by atoms with Gasteiger partial charge >= 0.3 is 0 Å². The minimum atomic E-state index is -0.183. The molecule has 0 spiro atoms. The van der Waals surface area contributed by atoms with E-state index in [2.05, 4.69) is 90.7 Å². The number of anilines is 1. The molecule has 1 unspecified atom stereocenters. The van der Waals surface area contributed by atoms with Crippen LogP contribution in [0.4, 0.5) is 5.69 Å². The molecule has 146 valence electrons. The molecule has 3 nitrogen and oxygen atoms in total. The van der Waals surface area contributed by atoms with E-state index in [1.165, 1.54) is 22.4 Å². The molecule has 2 aliphatic heterocycles.